The Hall–Kier alpha value is -1.18. The van der Waals surface area contributed by atoms with Crippen LogP contribution >= 0.6 is 27.3 Å². The van der Waals surface area contributed by atoms with Gasteiger partial charge in [0.2, 0.25) is 5.95 Å². The van der Waals surface area contributed by atoms with Crippen molar-refractivity contribution >= 4 is 39.0 Å². The largest absolute Gasteiger partial charge is 0.369 e. The van der Waals surface area contributed by atoms with Crippen molar-refractivity contribution in [2.24, 2.45) is 5.84 Å². The molecule has 0 unspecified atom stereocenters. The van der Waals surface area contributed by atoms with E-state index in [-0.39, 0.29) is 0 Å². The minimum absolute atomic E-state index is 0.395. The van der Waals surface area contributed by atoms with Gasteiger partial charge in [-0.3, -0.25) is 5.43 Å². The molecule has 0 radical (unpaired) electrons. The van der Waals surface area contributed by atoms with Crippen LogP contribution in [-0.2, 0) is 6.42 Å². The fourth-order valence-corrected chi connectivity index (χ4v) is 2.36. The van der Waals surface area contributed by atoms with Crippen LogP contribution in [0.3, 0.4) is 0 Å². The molecule has 0 amide bonds. The van der Waals surface area contributed by atoms with Gasteiger partial charge < -0.3 is 5.32 Å². The van der Waals surface area contributed by atoms with Crippen LogP contribution in [0.5, 0.6) is 0 Å². The van der Waals surface area contributed by atoms with E-state index in [1.54, 1.807) is 17.5 Å². The minimum Gasteiger partial charge on any atom is -0.369 e. The zero-order valence-electron chi connectivity index (χ0n) is 8.98. The molecule has 0 bridgehead atoms. The number of rotatable bonds is 5. The third-order valence-electron chi connectivity index (χ3n) is 2.16. The number of hydrazine groups is 1. The Kier molecular flexibility index (Phi) is 4.29. The summed E-state index contributed by atoms with van der Waals surface area (Å²) < 4.78 is 0.821. The lowest BCUT2D eigenvalue weighted by molar-refractivity contribution is 0.998. The topological polar surface area (TPSA) is 75.9 Å². The zero-order chi connectivity index (χ0) is 12.1. The van der Waals surface area contributed by atoms with Gasteiger partial charge in [0.15, 0.2) is 0 Å². The summed E-state index contributed by atoms with van der Waals surface area (Å²) in [6.45, 7) is 0.816. The number of hydrogen-bond donors (Lipinski definition) is 3. The highest BCUT2D eigenvalue weighted by Gasteiger charge is 2.03. The number of anilines is 2. The van der Waals surface area contributed by atoms with E-state index >= 15 is 0 Å². The molecular formula is C10H12BrN5S. The quantitative estimate of drug-likeness (QED) is 0.583. The van der Waals surface area contributed by atoms with E-state index in [2.05, 4.69) is 53.5 Å². The second-order valence-corrected chi connectivity index (χ2v) is 4.98. The van der Waals surface area contributed by atoms with Gasteiger partial charge in [0.25, 0.3) is 0 Å². The summed E-state index contributed by atoms with van der Waals surface area (Å²) in [6.07, 6.45) is 2.63. The lowest BCUT2D eigenvalue weighted by Gasteiger charge is -2.08. The van der Waals surface area contributed by atoms with Crippen molar-refractivity contribution in [1.29, 1.82) is 0 Å². The highest BCUT2D eigenvalue weighted by molar-refractivity contribution is 9.10. The van der Waals surface area contributed by atoms with Crippen LogP contribution in [0.25, 0.3) is 0 Å². The molecular weight excluding hydrogens is 302 g/mol. The maximum absolute atomic E-state index is 5.26. The Labute approximate surface area is 112 Å². The molecule has 2 rings (SSSR count). The maximum atomic E-state index is 5.26. The molecule has 5 nitrogen and oxygen atoms in total. The summed E-state index contributed by atoms with van der Waals surface area (Å²) in [5, 5.41) is 7.46. The number of nitrogen functional groups attached to an aromatic ring is 1. The highest BCUT2D eigenvalue weighted by Crippen LogP contribution is 2.19. The number of aromatic nitrogens is 2. The number of thiophene rings is 1. The summed E-state index contributed by atoms with van der Waals surface area (Å²) in [4.78, 5) is 8.19. The molecule has 2 aromatic heterocycles. The fraction of sp³-hybridized carbons (Fsp3) is 0.200. The molecule has 0 saturated carbocycles. The second-order valence-electron chi connectivity index (χ2n) is 3.34. The number of nitrogens with one attached hydrogen (secondary N) is 2. The van der Waals surface area contributed by atoms with E-state index < -0.39 is 0 Å². The van der Waals surface area contributed by atoms with E-state index in [0.717, 1.165) is 23.3 Å². The Morgan fingerprint density at radius 2 is 2.35 bits per heavy atom. The monoisotopic (exact) mass is 313 g/mol. The molecule has 0 aliphatic carbocycles. The Bertz CT molecular complexity index is 474. The van der Waals surface area contributed by atoms with Crippen LogP contribution in [0.15, 0.2) is 27.5 Å². The van der Waals surface area contributed by atoms with Gasteiger partial charge in [-0.1, -0.05) is 0 Å². The number of nitrogens with two attached hydrogens (primary N) is 1. The normalized spacial score (nSPS) is 10.2. The van der Waals surface area contributed by atoms with Crippen molar-refractivity contribution in [3.05, 3.63) is 33.1 Å². The minimum atomic E-state index is 0.395. The first kappa shape index (κ1) is 12.3. The first-order chi connectivity index (χ1) is 8.29. The molecule has 0 atom stereocenters. The van der Waals surface area contributed by atoms with Crippen molar-refractivity contribution in [3.63, 3.8) is 0 Å². The van der Waals surface area contributed by atoms with Crippen molar-refractivity contribution in [1.82, 2.24) is 9.97 Å². The van der Waals surface area contributed by atoms with E-state index in [1.807, 2.05) is 0 Å². The second kappa shape index (κ2) is 5.95. The van der Waals surface area contributed by atoms with Crippen LogP contribution in [-0.4, -0.2) is 16.5 Å². The van der Waals surface area contributed by atoms with Gasteiger partial charge in [-0.05, 0) is 44.7 Å². The maximum Gasteiger partial charge on any atom is 0.239 e. The summed E-state index contributed by atoms with van der Waals surface area (Å²) in [5.74, 6) is 6.39. The average Bonchev–Trinajstić information content (AvgIpc) is 2.84. The fourth-order valence-electron chi connectivity index (χ4n) is 1.32. The third kappa shape index (κ3) is 3.39. The van der Waals surface area contributed by atoms with Gasteiger partial charge in [-0.2, -0.15) is 16.3 Å². The van der Waals surface area contributed by atoms with Crippen LogP contribution in [0.2, 0.25) is 0 Å². The van der Waals surface area contributed by atoms with Crippen LogP contribution in [0.4, 0.5) is 11.8 Å². The first-order valence-electron chi connectivity index (χ1n) is 5.03. The Morgan fingerprint density at radius 3 is 3.06 bits per heavy atom. The number of halogens is 1. The van der Waals surface area contributed by atoms with Gasteiger partial charge in [0.1, 0.15) is 5.82 Å². The lowest BCUT2D eigenvalue weighted by Crippen LogP contribution is -2.13. The van der Waals surface area contributed by atoms with Crippen molar-refractivity contribution < 1.29 is 0 Å². The first-order valence-corrected chi connectivity index (χ1v) is 6.77. The van der Waals surface area contributed by atoms with Gasteiger partial charge in [-0.15, -0.1) is 0 Å². The summed E-state index contributed by atoms with van der Waals surface area (Å²) in [7, 11) is 0. The molecule has 0 aromatic carbocycles. The van der Waals surface area contributed by atoms with Gasteiger partial charge >= 0.3 is 0 Å². The summed E-state index contributed by atoms with van der Waals surface area (Å²) in [6, 6.07) is 2.12. The SMILES string of the molecule is NNc1ncc(Br)c(NCCc2ccsc2)n1. The van der Waals surface area contributed by atoms with Crippen molar-refractivity contribution in [2.75, 3.05) is 17.3 Å². The third-order valence-corrected chi connectivity index (χ3v) is 3.47. The molecule has 0 aliphatic heterocycles. The van der Waals surface area contributed by atoms with Gasteiger partial charge in [0.05, 0.1) is 4.47 Å². The van der Waals surface area contributed by atoms with E-state index in [4.69, 9.17) is 5.84 Å². The molecule has 0 fully saturated rings. The van der Waals surface area contributed by atoms with Crippen molar-refractivity contribution in [3.8, 4) is 0 Å². The highest BCUT2D eigenvalue weighted by atomic mass is 79.9. The number of hydrogen-bond acceptors (Lipinski definition) is 6. The smallest absolute Gasteiger partial charge is 0.239 e. The van der Waals surface area contributed by atoms with Crippen LogP contribution in [0, 0.1) is 0 Å². The van der Waals surface area contributed by atoms with E-state index in [1.165, 1.54) is 5.56 Å². The lowest BCUT2D eigenvalue weighted by atomic mass is 10.2. The van der Waals surface area contributed by atoms with Crippen molar-refractivity contribution in [2.45, 2.75) is 6.42 Å². The molecule has 90 valence electrons. The molecule has 7 heteroatoms. The summed E-state index contributed by atoms with van der Waals surface area (Å²) >= 11 is 5.09. The predicted molar refractivity (Wildman–Crippen MR) is 74.1 cm³/mol. The number of nitrogens with zero attached hydrogens (tertiary/aromatic N) is 2. The molecule has 2 aromatic rings. The molecule has 0 aliphatic rings. The molecule has 2 heterocycles. The molecule has 17 heavy (non-hydrogen) atoms. The predicted octanol–water partition coefficient (Wildman–Crippen LogP) is 2.24. The van der Waals surface area contributed by atoms with Crippen LogP contribution in [0.1, 0.15) is 5.56 Å². The Balaban J connectivity index is 1.94. The standard InChI is InChI=1S/C10H12BrN5S/c11-8-5-14-10(16-12)15-9(8)13-3-1-7-2-4-17-6-7/h2,4-6H,1,3,12H2,(H2,13,14,15,16). The zero-order valence-corrected chi connectivity index (χ0v) is 11.4. The summed E-state index contributed by atoms with van der Waals surface area (Å²) in [5.41, 5.74) is 3.74. The average molecular weight is 314 g/mol. The molecule has 0 saturated heterocycles. The molecule has 4 N–H and O–H groups in total. The molecule has 0 spiro atoms. The Morgan fingerprint density at radius 1 is 1.47 bits per heavy atom. The van der Waals surface area contributed by atoms with E-state index in [9.17, 15) is 0 Å². The van der Waals surface area contributed by atoms with E-state index in [0.29, 0.717) is 5.95 Å². The van der Waals surface area contributed by atoms with Gasteiger partial charge in [-0.25, -0.2) is 10.8 Å². The van der Waals surface area contributed by atoms with Gasteiger partial charge in [0, 0.05) is 12.7 Å². The van der Waals surface area contributed by atoms with Crippen LogP contribution < -0.4 is 16.6 Å².